The molecule has 0 aliphatic carbocycles. The topological polar surface area (TPSA) is 58.6 Å². The number of hydrogen-bond donors (Lipinski definition) is 2. The van der Waals surface area contributed by atoms with Crippen LogP contribution in [0.3, 0.4) is 0 Å². The Morgan fingerprint density at radius 3 is 2.90 bits per heavy atom. The van der Waals surface area contributed by atoms with Gasteiger partial charge in [-0.05, 0) is 24.1 Å². The van der Waals surface area contributed by atoms with Gasteiger partial charge in [0.1, 0.15) is 5.75 Å². The second kappa shape index (κ2) is 6.27. The lowest BCUT2D eigenvalue weighted by atomic mass is 9.95. The number of benzene rings is 1. The van der Waals surface area contributed by atoms with Gasteiger partial charge in [0.05, 0.1) is 18.8 Å². The number of aliphatic hydroxyl groups is 1. The van der Waals surface area contributed by atoms with E-state index in [1.54, 1.807) is 0 Å². The van der Waals surface area contributed by atoms with Gasteiger partial charge in [0.25, 0.3) is 0 Å². The summed E-state index contributed by atoms with van der Waals surface area (Å²) in [5.74, 6) is 0.812. The molecule has 2 rings (SSSR count). The second-order valence-electron chi connectivity index (χ2n) is 5.57. The molecule has 0 fully saturated rings. The van der Waals surface area contributed by atoms with Gasteiger partial charge in [-0.15, -0.1) is 0 Å². The Bertz CT molecular complexity index is 485. The Balaban J connectivity index is 2.26. The number of amides is 1. The molecule has 0 saturated heterocycles. The van der Waals surface area contributed by atoms with Gasteiger partial charge in [-0.25, -0.2) is 0 Å². The third-order valence-corrected chi connectivity index (χ3v) is 3.69. The van der Waals surface area contributed by atoms with Crippen molar-refractivity contribution in [3.63, 3.8) is 0 Å². The van der Waals surface area contributed by atoms with E-state index in [0.717, 1.165) is 23.3 Å². The summed E-state index contributed by atoms with van der Waals surface area (Å²) in [5.41, 5.74) is 1.84. The Hall–Kier alpha value is -1.55. The normalized spacial score (nSPS) is 19.1. The predicted molar refractivity (Wildman–Crippen MR) is 77.5 cm³/mol. The largest absolute Gasteiger partial charge is 0.493 e. The molecule has 4 nitrogen and oxygen atoms in total. The molecule has 1 aliphatic heterocycles. The van der Waals surface area contributed by atoms with Gasteiger partial charge >= 0.3 is 0 Å². The highest BCUT2D eigenvalue weighted by molar-refractivity contribution is 5.78. The molecule has 1 aromatic rings. The van der Waals surface area contributed by atoms with E-state index < -0.39 is 6.10 Å². The molecule has 0 bridgehead atoms. The van der Waals surface area contributed by atoms with Crippen LogP contribution in [0.25, 0.3) is 0 Å². The molecule has 1 aliphatic rings. The van der Waals surface area contributed by atoms with Gasteiger partial charge in [0.2, 0.25) is 5.91 Å². The average molecular weight is 277 g/mol. The number of nitrogens with one attached hydrogen (secondary N) is 1. The van der Waals surface area contributed by atoms with Gasteiger partial charge in [0, 0.05) is 17.9 Å². The predicted octanol–water partition coefficient (Wildman–Crippen LogP) is 2.73. The fourth-order valence-electron chi connectivity index (χ4n) is 2.34. The number of fused-ring (bicyclic) bond motifs is 1. The van der Waals surface area contributed by atoms with Crippen LogP contribution in [0.2, 0.25) is 0 Å². The minimum absolute atomic E-state index is 0.0299. The summed E-state index contributed by atoms with van der Waals surface area (Å²) in [4.78, 5) is 11.9. The molecule has 2 N–H and O–H groups in total. The summed E-state index contributed by atoms with van der Waals surface area (Å²) in [6.07, 6.45) is 0.962. The lowest BCUT2D eigenvalue weighted by Gasteiger charge is -2.28. The Morgan fingerprint density at radius 1 is 1.50 bits per heavy atom. The quantitative estimate of drug-likeness (QED) is 0.889. The van der Waals surface area contributed by atoms with Crippen LogP contribution in [-0.2, 0) is 4.79 Å². The highest BCUT2D eigenvalue weighted by atomic mass is 16.5. The van der Waals surface area contributed by atoms with Crippen molar-refractivity contribution >= 4 is 5.91 Å². The van der Waals surface area contributed by atoms with Gasteiger partial charge in [-0.2, -0.15) is 0 Å². The van der Waals surface area contributed by atoms with E-state index in [-0.39, 0.29) is 17.9 Å². The van der Waals surface area contributed by atoms with Crippen molar-refractivity contribution in [1.82, 2.24) is 5.32 Å². The van der Waals surface area contributed by atoms with Gasteiger partial charge < -0.3 is 15.2 Å². The summed E-state index contributed by atoms with van der Waals surface area (Å²) >= 11 is 0. The van der Waals surface area contributed by atoms with Crippen molar-refractivity contribution in [2.24, 2.45) is 5.92 Å². The maximum absolute atomic E-state index is 11.9. The van der Waals surface area contributed by atoms with Crippen LogP contribution < -0.4 is 10.1 Å². The van der Waals surface area contributed by atoms with Crippen LogP contribution in [0, 0.1) is 5.92 Å². The number of carbonyl (C=O) groups excluding carboxylic acids is 1. The van der Waals surface area contributed by atoms with Gasteiger partial charge in [-0.3, -0.25) is 4.79 Å². The molecule has 0 spiro atoms. The van der Waals surface area contributed by atoms with Crippen LogP contribution in [-0.4, -0.2) is 17.6 Å². The molecule has 0 aromatic heterocycles. The van der Waals surface area contributed by atoms with Crippen molar-refractivity contribution in [3.05, 3.63) is 29.3 Å². The van der Waals surface area contributed by atoms with E-state index in [4.69, 9.17) is 4.74 Å². The summed E-state index contributed by atoms with van der Waals surface area (Å²) in [6, 6.07) is 5.70. The van der Waals surface area contributed by atoms with E-state index in [9.17, 15) is 9.90 Å². The summed E-state index contributed by atoms with van der Waals surface area (Å²) in [7, 11) is 0. The number of aliphatic hydroxyl groups excluding tert-OH is 1. The third-order valence-electron chi connectivity index (χ3n) is 3.69. The molecular formula is C16H23NO3. The smallest absolute Gasteiger partial charge is 0.223 e. The highest BCUT2D eigenvalue weighted by Gasteiger charge is 2.24. The zero-order valence-corrected chi connectivity index (χ0v) is 12.3. The van der Waals surface area contributed by atoms with E-state index >= 15 is 0 Å². The summed E-state index contributed by atoms with van der Waals surface area (Å²) < 4.78 is 5.63. The summed E-state index contributed by atoms with van der Waals surface area (Å²) in [5, 5.41) is 13.0. The Labute approximate surface area is 120 Å². The molecule has 20 heavy (non-hydrogen) atoms. The zero-order valence-electron chi connectivity index (χ0n) is 12.3. The number of carbonyl (C=O) groups is 1. The Kier molecular flexibility index (Phi) is 4.65. The molecule has 2 atom stereocenters. The van der Waals surface area contributed by atoms with Crippen LogP contribution in [0.5, 0.6) is 5.75 Å². The number of ether oxygens (including phenoxy) is 1. The van der Waals surface area contributed by atoms with Crippen molar-refractivity contribution in [2.75, 3.05) is 6.61 Å². The molecule has 1 amide bonds. The molecule has 0 saturated carbocycles. The fraction of sp³-hybridized carbons (Fsp3) is 0.562. The van der Waals surface area contributed by atoms with Crippen molar-refractivity contribution < 1.29 is 14.6 Å². The Morgan fingerprint density at radius 2 is 2.25 bits per heavy atom. The maximum Gasteiger partial charge on any atom is 0.223 e. The van der Waals surface area contributed by atoms with Gasteiger partial charge in [-0.1, -0.05) is 26.8 Å². The molecule has 0 radical (unpaired) electrons. The van der Waals surface area contributed by atoms with Crippen LogP contribution in [0.1, 0.15) is 56.9 Å². The van der Waals surface area contributed by atoms with Gasteiger partial charge in [0.15, 0.2) is 0 Å². The van der Waals surface area contributed by atoms with E-state index in [2.05, 4.69) is 5.32 Å². The molecule has 110 valence electrons. The zero-order chi connectivity index (χ0) is 14.7. The third kappa shape index (κ3) is 3.12. The lowest BCUT2D eigenvalue weighted by molar-refractivity contribution is -0.124. The molecule has 1 heterocycles. The van der Waals surface area contributed by atoms with Crippen molar-refractivity contribution in [1.29, 1.82) is 0 Å². The number of rotatable bonds is 4. The number of hydrogen-bond acceptors (Lipinski definition) is 3. The average Bonchev–Trinajstić information content (AvgIpc) is 2.46. The van der Waals surface area contributed by atoms with Crippen LogP contribution in [0.15, 0.2) is 18.2 Å². The van der Waals surface area contributed by atoms with E-state index in [1.807, 2.05) is 39.0 Å². The molecule has 2 unspecified atom stereocenters. The van der Waals surface area contributed by atoms with E-state index in [1.165, 1.54) is 0 Å². The molecule has 1 aromatic carbocycles. The first-order valence-electron chi connectivity index (χ1n) is 7.28. The van der Waals surface area contributed by atoms with E-state index in [0.29, 0.717) is 13.0 Å². The monoisotopic (exact) mass is 277 g/mol. The fourth-order valence-corrected chi connectivity index (χ4v) is 2.34. The summed E-state index contributed by atoms with van der Waals surface area (Å²) in [6.45, 7) is 6.31. The minimum atomic E-state index is -0.469. The molecular weight excluding hydrogens is 254 g/mol. The second-order valence-corrected chi connectivity index (χ2v) is 5.57. The first-order chi connectivity index (χ1) is 9.52. The maximum atomic E-state index is 11.9. The van der Waals surface area contributed by atoms with Crippen molar-refractivity contribution in [2.45, 2.75) is 45.8 Å². The first-order valence-corrected chi connectivity index (χ1v) is 7.28. The first kappa shape index (κ1) is 14.9. The lowest BCUT2D eigenvalue weighted by Crippen LogP contribution is -2.34. The SMILES string of the molecule is CCC(O)c1ccc2c(c1)C(NC(=O)C(C)C)CCO2. The van der Waals surface area contributed by atoms with Crippen molar-refractivity contribution in [3.8, 4) is 5.75 Å². The standard InChI is InChI=1S/C16H23NO3/c1-4-14(18)11-5-6-15-12(9-11)13(7-8-20-15)17-16(19)10(2)3/h5-6,9-10,13-14,18H,4,7-8H2,1-3H3,(H,17,19). The minimum Gasteiger partial charge on any atom is -0.493 e. The molecule has 4 heteroatoms. The van der Waals surface area contributed by atoms with Crippen LogP contribution >= 0.6 is 0 Å². The highest BCUT2D eigenvalue weighted by Crippen LogP contribution is 2.34. The van der Waals surface area contributed by atoms with Crippen LogP contribution in [0.4, 0.5) is 0 Å².